The number of ether oxygens (including phenoxy) is 3. The van der Waals surface area contributed by atoms with Crippen LogP contribution < -0.4 is 19.9 Å². The smallest absolute Gasteiger partial charge is 0.352 e. The summed E-state index contributed by atoms with van der Waals surface area (Å²) in [7, 11) is 0. The summed E-state index contributed by atoms with van der Waals surface area (Å²) >= 11 is 0. The molecule has 166 valence electrons. The van der Waals surface area contributed by atoms with Gasteiger partial charge < -0.3 is 19.9 Å². The fourth-order valence-electron chi connectivity index (χ4n) is 3.51. The van der Waals surface area contributed by atoms with Gasteiger partial charge in [0.1, 0.15) is 29.0 Å². The molecule has 0 aliphatic carbocycles. The monoisotopic (exact) mass is 448 g/mol. The number of nitrogens with zero attached hydrogens (tertiary/aromatic N) is 1. The number of benzene rings is 3. The predicted octanol–water partition coefficient (Wildman–Crippen LogP) is 4.56. The molecule has 0 radical (unpaired) electrons. The van der Waals surface area contributed by atoms with Crippen LogP contribution in [0.5, 0.6) is 17.2 Å². The molecule has 8 heteroatoms. The van der Waals surface area contributed by atoms with Crippen LogP contribution in [0.4, 0.5) is 8.78 Å². The third-order valence-corrected chi connectivity index (χ3v) is 5.06. The summed E-state index contributed by atoms with van der Waals surface area (Å²) < 4.78 is 43.9. The summed E-state index contributed by atoms with van der Waals surface area (Å²) in [5, 5.41) is 9.59. The van der Waals surface area contributed by atoms with Crippen molar-refractivity contribution in [2.75, 3.05) is 0 Å². The Morgan fingerprint density at radius 2 is 1.91 bits per heavy atom. The molecule has 0 fully saturated rings. The number of esters is 1. The average Bonchev–Trinajstić information content (AvgIpc) is 2.79. The molecular weight excluding hydrogens is 430 g/mol. The van der Waals surface area contributed by atoms with Crippen LogP contribution in [0.1, 0.15) is 24.0 Å². The van der Waals surface area contributed by atoms with E-state index in [1.54, 1.807) is 18.2 Å². The molecular formula is C25H18F2N2O4. The van der Waals surface area contributed by atoms with Gasteiger partial charge >= 0.3 is 5.97 Å². The van der Waals surface area contributed by atoms with E-state index in [4.69, 9.17) is 19.9 Å². The number of carbonyl (C=O) groups is 1. The Morgan fingerprint density at radius 3 is 2.64 bits per heavy atom. The third kappa shape index (κ3) is 4.48. The van der Waals surface area contributed by atoms with E-state index < -0.39 is 29.6 Å². The lowest BCUT2D eigenvalue weighted by molar-refractivity contribution is -0.141. The number of nitrogens with two attached hydrogens (primary N) is 1. The van der Waals surface area contributed by atoms with Gasteiger partial charge in [0.2, 0.25) is 5.88 Å². The summed E-state index contributed by atoms with van der Waals surface area (Å²) in [5.41, 5.74) is 7.17. The van der Waals surface area contributed by atoms with Crippen LogP contribution >= 0.6 is 0 Å². The maximum Gasteiger partial charge on any atom is 0.352 e. The zero-order chi connectivity index (χ0) is 23.5. The highest BCUT2D eigenvalue weighted by Gasteiger charge is 2.31. The fraction of sp³-hybridized carbons (Fsp3) is 0.120. The SMILES string of the molecule is CC(Oc1ccccc1F)C(=O)Oc1ccc2c(c1)OC(N)=C(C#N)C2c1cccc(F)c1. The largest absolute Gasteiger partial charge is 0.476 e. The number of hydrogen-bond acceptors (Lipinski definition) is 6. The Hall–Kier alpha value is -4.38. The van der Waals surface area contributed by atoms with Gasteiger partial charge in [0.15, 0.2) is 17.7 Å². The summed E-state index contributed by atoms with van der Waals surface area (Å²) in [4.78, 5) is 12.5. The molecule has 1 heterocycles. The van der Waals surface area contributed by atoms with Crippen LogP contribution in [0.15, 0.2) is 78.2 Å². The van der Waals surface area contributed by atoms with Gasteiger partial charge in [0.25, 0.3) is 0 Å². The van der Waals surface area contributed by atoms with Gasteiger partial charge in [-0.2, -0.15) is 5.26 Å². The molecule has 0 saturated heterocycles. The molecule has 4 rings (SSSR count). The molecule has 2 atom stereocenters. The van der Waals surface area contributed by atoms with Gasteiger partial charge in [0.05, 0.1) is 5.92 Å². The lowest BCUT2D eigenvalue weighted by Crippen LogP contribution is -2.29. The lowest BCUT2D eigenvalue weighted by atomic mass is 9.83. The molecule has 2 unspecified atom stereocenters. The molecule has 0 saturated carbocycles. The summed E-state index contributed by atoms with van der Waals surface area (Å²) in [6, 6.07) is 18.1. The first-order valence-corrected chi connectivity index (χ1v) is 9.97. The molecule has 1 aliphatic rings. The molecule has 1 aliphatic heterocycles. The zero-order valence-electron chi connectivity index (χ0n) is 17.4. The first kappa shape index (κ1) is 21.8. The van der Waals surface area contributed by atoms with Crippen LogP contribution in [0.25, 0.3) is 0 Å². The summed E-state index contributed by atoms with van der Waals surface area (Å²) in [5.74, 6) is -2.26. The minimum atomic E-state index is -1.09. The van der Waals surface area contributed by atoms with Crippen molar-refractivity contribution in [3.8, 4) is 23.3 Å². The van der Waals surface area contributed by atoms with E-state index in [0.29, 0.717) is 11.1 Å². The van der Waals surface area contributed by atoms with Crippen molar-refractivity contribution in [2.45, 2.75) is 18.9 Å². The first-order valence-electron chi connectivity index (χ1n) is 9.97. The summed E-state index contributed by atoms with van der Waals surface area (Å²) in [6.07, 6.45) is -1.09. The standard InChI is InChI=1S/C25H18F2N2O4/c1-14(31-21-8-3-2-7-20(21)27)25(30)32-17-9-10-18-22(12-17)33-24(29)19(13-28)23(18)15-5-4-6-16(26)11-15/h2-12,14,23H,29H2,1H3. The normalized spacial score (nSPS) is 15.6. The number of rotatable bonds is 5. The van der Waals surface area contributed by atoms with E-state index in [2.05, 4.69) is 0 Å². The van der Waals surface area contributed by atoms with Crippen LogP contribution in [0, 0.1) is 23.0 Å². The van der Waals surface area contributed by atoms with E-state index in [1.165, 1.54) is 55.5 Å². The van der Waals surface area contributed by atoms with Crippen molar-refractivity contribution in [3.63, 3.8) is 0 Å². The number of nitriles is 1. The fourth-order valence-corrected chi connectivity index (χ4v) is 3.51. The number of carbonyl (C=O) groups excluding carboxylic acids is 1. The van der Waals surface area contributed by atoms with Crippen LogP contribution in [-0.2, 0) is 4.79 Å². The van der Waals surface area contributed by atoms with Gasteiger partial charge in [-0.15, -0.1) is 0 Å². The number of para-hydroxylation sites is 1. The van der Waals surface area contributed by atoms with Crippen molar-refractivity contribution < 1.29 is 27.8 Å². The molecule has 3 aromatic rings. The van der Waals surface area contributed by atoms with Crippen molar-refractivity contribution in [1.29, 1.82) is 5.26 Å². The third-order valence-electron chi connectivity index (χ3n) is 5.06. The minimum Gasteiger partial charge on any atom is -0.476 e. The first-order chi connectivity index (χ1) is 15.9. The van der Waals surface area contributed by atoms with E-state index in [-0.39, 0.29) is 28.7 Å². The Labute approximate surface area is 188 Å². The van der Waals surface area contributed by atoms with Crippen molar-refractivity contribution in [1.82, 2.24) is 0 Å². The van der Waals surface area contributed by atoms with Crippen LogP contribution in [-0.4, -0.2) is 12.1 Å². The highest BCUT2D eigenvalue weighted by atomic mass is 19.1. The molecule has 0 spiro atoms. The Balaban J connectivity index is 1.59. The van der Waals surface area contributed by atoms with E-state index in [0.717, 1.165) is 0 Å². The second-order valence-corrected chi connectivity index (χ2v) is 7.29. The summed E-state index contributed by atoms with van der Waals surface area (Å²) in [6.45, 7) is 1.43. The number of fused-ring (bicyclic) bond motifs is 1. The Bertz CT molecular complexity index is 1300. The minimum absolute atomic E-state index is 0.0735. The van der Waals surface area contributed by atoms with Gasteiger partial charge in [-0.1, -0.05) is 30.3 Å². The van der Waals surface area contributed by atoms with Gasteiger partial charge in [0, 0.05) is 11.6 Å². The van der Waals surface area contributed by atoms with Gasteiger partial charge in [-0.3, -0.25) is 0 Å². The topological polar surface area (TPSA) is 94.6 Å². The van der Waals surface area contributed by atoms with E-state index in [1.807, 2.05) is 6.07 Å². The van der Waals surface area contributed by atoms with Gasteiger partial charge in [-0.25, -0.2) is 13.6 Å². The molecule has 6 nitrogen and oxygen atoms in total. The maximum atomic E-state index is 13.8. The maximum absolute atomic E-state index is 13.8. The number of halogens is 2. The van der Waals surface area contributed by atoms with E-state index in [9.17, 15) is 18.8 Å². The van der Waals surface area contributed by atoms with Crippen molar-refractivity contribution in [3.05, 3.63) is 101 Å². The quantitative estimate of drug-likeness (QED) is 0.454. The highest BCUT2D eigenvalue weighted by molar-refractivity contribution is 5.77. The average molecular weight is 448 g/mol. The molecule has 0 amide bonds. The molecule has 0 bridgehead atoms. The zero-order valence-corrected chi connectivity index (χ0v) is 17.4. The molecule has 33 heavy (non-hydrogen) atoms. The molecule has 3 aromatic carbocycles. The number of allylic oxidation sites excluding steroid dienone is 1. The van der Waals surface area contributed by atoms with Gasteiger partial charge in [-0.05, 0) is 42.8 Å². The number of hydrogen-bond donors (Lipinski definition) is 1. The second kappa shape index (κ2) is 9.01. The molecule has 0 aromatic heterocycles. The lowest BCUT2D eigenvalue weighted by Gasteiger charge is -2.26. The van der Waals surface area contributed by atoms with Crippen LogP contribution in [0.3, 0.4) is 0 Å². The van der Waals surface area contributed by atoms with Crippen LogP contribution in [0.2, 0.25) is 0 Å². The van der Waals surface area contributed by atoms with E-state index >= 15 is 0 Å². The van der Waals surface area contributed by atoms with Crippen molar-refractivity contribution in [2.24, 2.45) is 5.73 Å². The Morgan fingerprint density at radius 1 is 1.12 bits per heavy atom. The molecule has 2 N–H and O–H groups in total. The Kier molecular flexibility index (Phi) is 5.96. The second-order valence-electron chi connectivity index (χ2n) is 7.29. The van der Waals surface area contributed by atoms with Crippen molar-refractivity contribution >= 4 is 5.97 Å². The highest BCUT2D eigenvalue weighted by Crippen LogP contribution is 2.43. The predicted molar refractivity (Wildman–Crippen MR) is 114 cm³/mol.